The van der Waals surface area contributed by atoms with Gasteiger partial charge in [-0.15, -0.1) is 0 Å². The first-order chi connectivity index (χ1) is 14.0. The van der Waals surface area contributed by atoms with E-state index in [1.807, 2.05) is 50.2 Å². The molecule has 6 heteroatoms. The van der Waals surface area contributed by atoms with Gasteiger partial charge in [-0.1, -0.05) is 24.3 Å². The summed E-state index contributed by atoms with van der Waals surface area (Å²) in [6, 6.07) is 16.7. The van der Waals surface area contributed by atoms with E-state index < -0.39 is 10.0 Å². The van der Waals surface area contributed by atoms with Crippen molar-refractivity contribution in [3.05, 3.63) is 60.2 Å². The molecule has 3 aromatic carbocycles. The van der Waals surface area contributed by atoms with Crippen molar-refractivity contribution in [2.75, 3.05) is 29.3 Å². The quantitative estimate of drug-likeness (QED) is 0.625. The summed E-state index contributed by atoms with van der Waals surface area (Å²) in [6.45, 7) is 6.49. The van der Waals surface area contributed by atoms with Crippen LogP contribution in [0.4, 0.5) is 11.4 Å². The number of ether oxygens (including phenoxy) is 1. The standard InChI is InChI=1S/C23H26N2O3S/c1-3-28-22-12-13-23(20-9-5-4-8-19(20)22)29(26,27)24-21-11-10-18(16-17(21)2)25-14-6-7-15-25/h4-5,8-13,16,24H,3,6-7,14-15H2,1-2H3. The second-order valence-corrected chi connectivity index (χ2v) is 8.99. The molecule has 29 heavy (non-hydrogen) atoms. The fourth-order valence-corrected chi connectivity index (χ4v) is 5.24. The van der Waals surface area contributed by atoms with Gasteiger partial charge in [0.05, 0.1) is 17.2 Å². The number of nitrogens with zero attached hydrogens (tertiary/aromatic N) is 1. The Kier molecular flexibility index (Phi) is 5.37. The topological polar surface area (TPSA) is 58.6 Å². The number of hydrogen-bond donors (Lipinski definition) is 1. The Balaban J connectivity index is 1.68. The van der Waals surface area contributed by atoms with E-state index in [0.29, 0.717) is 23.4 Å². The molecule has 0 saturated carbocycles. The minimum absolute atomic E-state index is 0.250. The highest BCUT2D eigenvalue weighted by molar-refractivity contribution is 7.93. The van der Waals surface area contributed by atoms with Crippen LogP contribution < -0.4 is 14.4 Å². The van der Waals surface area contributed by atoms with Gasteiger partial charge in [0.2, 0.25) is 0 Å². The second kappa shape index (κ2) is 7.95. The summed E-state index contributed by atoms with van der Waals surface area (Å²) in [5.74, 6) is 0.688. The predicted molar refractivity (Wildman–Crippen MR) is 119 cm³/mol. The summed E-state index contributed by atoms with van der Waals surface area (Å²) in [6.07, 6.45) is 2.41. The number of anilines is 2. The van der Waals surface area contributed by atoms with E-state index in [2.05, 4.69) is 15.7 Å². The molecule has 1 fully saturated rings. The lowest BCUT2D eigenvalue weighted by Crippen LogP contribution is -2.18. The monoisotopic (exact) mass is 410 g/mol. The number of sulfonamides is 1. The van der Waals surface area contributed by atoms with Crippen molar-refractivity contribution in [1.82, 2.24) is 0 Å². The second-order valence-electron chi connectivity index (χ2n) is 7.34. The van der Waals surface area contributed by atoms with Gasteiger partial charge in [0, 0.05) is 29.5 Å². The molecule has 1 heterocycles. The van der Waals surface area contributed by atoms with Gasteiger partial charge >= 0.3 is 0 Å². The molecule has 0 atom stereocenters. The van der Waals surface area contributed by atoms with Crippen LogP contribution in [0.2, 0.25) is 0 Å². The Morgan fingerprint density at radius 3 is 2.41 bits per heavy atom. The lowest BCUT2D eigenvalue weighted by molar-refractivity contribution is 0.344. The van der Waals surface area contributed by atoms with Crippen molar-refractivity contribution in [3.8, 4) is 5.75 Å². The van der Waals surface area contributed by atoms with E-state index in [0.717, 1.165) is 29.7 Å². The van der Waals surface area contributed by atoms with Crippen LogP contribution in [0, 0.1) is 6.92 Å². The molecule has 0 spiro atoms. The minimum Gasteiger partial charge on any atom is -0.493 e. The molecule has 0 amide bonds. The summed E-state index contributed by atoms with van der Waals surface area (Å²) in [4.78, 5) is 2.59. The fourth-order valence-electron chi connectivity index (χ4n) is 3.89. The molecule has 5 nitrogen and oxygen atoms in total. The van der Waals surface area contributed by atoms with Gasteiger partial charge in [-0.3, -0.25) is 4.72 Å². The molecule has 152 valence electrons. The van der Waals surface area contributed by atoms with Crippen LogP contribution in [-0.4, -0.2) is 28.1 Å². The van der Waals surface area contributed by atoms with E-state index in [1.54, 1.807) is 12.1 Å². The molecule has 0 aliphatic carbocycles. The van der Waals surface area contributed by atoms with Crippen molar-refractivity contribution >= 4 is 32.2 Å². The molecule has 1 N–H and O–H groups in total. The lowest BCUT2D eigenvalue weighted by Gasteiger charge is -2.20. The Hall–Kier alpha value is -2.73. The van der Waals surface area contributed by atoms with Gasteiger partial charge < -0.3 is 9.64 Å². The van der Waals surface area contributed by atoms with Gasteiger partial charge in [0.15, 0.2) is 0 Å². The first kappa shape index (κ1) is 19.6. The number of fused-ring (bicyclic) bond motifs is 1. The van der Waals surface area contributed by atoms with Crippen LogP contribution in [0.5, 0.6) is 5.75 Å². The molecular formula is C23H26N2O3S. The molecule has 0 bridgehead atoms. The summed E-state index contributed by atoms with van der Waals surface area (Å²) in [5, 5.41) is 1.44. The average Bonchev–Trinajstić information content (AvgIpc) is 3.24. The van der Waals surface area contributed by atoms with Gasteiger partial charge in [-0.25, -0.2) is 8.42 Å². The van der Waals surface area contributed by atoms with Gasteiger partial charge in [0.1, 0.15) is 5.75 Å². The molecule has 0 radical (unpaired) electrons. The van der Waals surface area contributed by atoms with Crippen LogP contribution in [0.15, 0.2) is 59.5 Å². The predicted octanol–water partition coefficient (Wildman–Crippen LogP) is 4.95. The maximum absolute atomic E-state index is 13.2. The van der Waals surface area contributed by atoms with Crippen LogP contribution in [0.3, 0.4) is 0 Å². The third-order valence-corrected chi connectivity index (χ3v) is 6.78. The number of aryl methyl sites for hydroxylation is 1. The number of nitrogens with one attached hydrogen (secondary N) is 1. The first-order valence-electron chi connectivity index (χ1n) is 10.0. The van der Waals surface area contributed by atoms with Crippen molar-refractivity contribution in [1.29, 1.82) is 0 Å². The average molecular weight is 411 g/mol. The Labute approximate surface area is 172 Å². The minimum atomic E-state index is -3.75. The number of hydrogen-bond acceptors (Lipinski definition) is 4. The van der Waals surface area contributed by atoms with E-state index in [4.69, 9.17) is 4.74 Å². The molecule has 1 aliphatic rings. The third-order valence-electron chi connectivity index (χ3n) is 5.36. The van der Waals surface area contributed by atoms with Crippen LogP contribution >= 0.6 is 0 Å². The molecule has 3 aromatic rings. The van der Waals surface area contributed by atoms with E-state index in [1.165, 1.54) is 12.8 Å². The smallest absolute Gasteiger partial charge is 0.262 e. The van der Waals surface area contributed by atoms with E-state index >= 15 is 0 Å². The molecule has 0 aromatic heterocycles. The highest BCUT2D eigenvalue weighted by atomic mass is 32.2. The van der Waals surface area contributed by atoms with Crippen molar-refractivity contribution < 1.29 is 13.2 Å². The molecule has 0 unspecified atom stereocenters. The summed E-state index contributed by atoms with van der Waals surface area (Å²) in [7, 11) is -3.75. The normalized spacial score (nSPS) is 14.3. The van der Waals surface area contributed by atoms with E-state index in [9.17, 15) is 8.42 Å². The van der Waals surface area contributed by atoms with Crippen LogP contribution in [0.25, 0.3) is 10.8 Å². The van der Waals surface area contributed by atoms with Crippen LogP contribution in [-0.2, 0) is 10.0 Å². The fraction of sp³-hybridized carbons (Fsp3) is 0.304. The molecule has 1 aliphatic heterocycles. The van der Waals surface area contributed by atoms with Crippen LogP contribution in [0.1, 0.15) is 25.3 Å². The molecular weight excluding hydrogens is 384 g/mol. The van der Waals surface area contributed by atoms with Gasteiger partial charge in [0.25, 0.3) is 10.0 Å². The Bertz CT molecular complexity index is 1140. The van der Waals surface area contributed by atoms with Gasteiger partial charge in [-0.2, -0.15) is 0 Å². The SMILES string of the molecule is CCOc1ccc(S(=O)(=O)Nc2ccc(N3CCCC3)cc2C)c2ccccc12. The number of benzene rings is 3. The maximum atomic E-state index is 13.2. The Morgan fingerprint density at radius 2 is 1.72 bits per heavy atom. The maximum Gasteiger partial charge on any atom is 0.262 e. The molecule has 4 rings (SSSR count). The zero-order chi connectivity index (χ0) is 20.4. The largest absolute Gasteiger partial charge is 0.493 e. The molecule has 1 saturated heterocycles. The zero-order valence-corrected chi connectivity index (χ0v) is 17.6. The number of rotatable bonds is 6. The van der Waals surface area contributed by atoms with E-state index in [-0.39, 0.29) is 4.90 Å². The third kappa shape index (κ3) is 3.90. The zero-order valence-electron chi connectivity index (χ0n) is 16.8. The lowest BCUT2D eigenvalue weighted by atomic mass is 10.1. The van der Waals surface area contributed by atoms with Crippen molar-refractivity contribution in [2.24, 2.45) is 0 Å². The Morgan fingerprint density at radius 1 is 1.00 bits per heavy atom. The highest BCUT2D eigenvalue weighted by Gasteiger charge is 2.21. The highest BCUT2D eigenvalue weighted by Crippen LogP contribution is 2.33. The first-order valence-corrected chi connectivity index (χ1v) is 11.5. The van der Waals surface area contributed by atoms with Crippen molar-refractivity contribution in [2.45, 2.75) is 31.6 Å². The summed E-state index contributed by atoms with van der Waals surface area (Å²) < 4.78 is 34.9. The van der Waals surface area contributed by atoms with Gasteiger partial charge in [-0.05, 0) is 62.6 Å². The summed E-state index contributed by atoms with van der Waals surface area (Å²) >= 11 is 0. The van der Waals surface area contributed by atoms with Crippen molar-refractivity contribution in [3.63, 3.8) is 0 Å². The summed E-state index contributed by atoms with van der Waals surface area (Å²) in [5.41, 5.74) is 2.66.